The number of hydrogen-bond donors (Lipinski definition) is 0. The fraction of sp³-hybridized carbons (Fsp3) is 0.104. The SMILES string of the molecule is Cc1ccc2c(c1)C(c1ccccc1)(c1ccccc1)c1cc3c(cc1N2C)C(c1ccccc1)(c1ccccc1)c1cc2c(cc1-3)C(c1ccccc1)(c1ccccc1)c1cc(C)ccc1N2C. The first-order valence-electron chi connectivity index (χ1n) is 24.3. The minimum Gasteiger partial charge on any atom is -0.344 e. The van der Waals surface area contributed by atoms with Gasteiger partial charge in [0.2, 0.25) is 0 Å². The molecular weight excluding hydrogens is 833 g/mol. The third-order valence-electron chi connectivity index (χ3n) is 16.0. The van der Waals surface area contributed by atoms with E-state index in [9.17, 15) is 0 Å². The van der Waals surface area contributed by atoms with E-state index in [2.05, 4.69) is 280 Å². The Hall–Kier alpha value is -8.20. The average molecular weight is 885 g/mol. The highest BCUT2D eigenvalue weighted by atomic mass is 15.1. The Balaban J connectivity index is 1.24. The molecule has 2 aliphatic heterocycles. The zero-order valence-electron chi connectivity index (χ0n) is 39.5. The molecule has 0 radical (unpaired) electrons. The quantitative estimate of drug-likeness (QED) is 0.164. The van der Waals surface area contributed by atoms with Crippen molar-refractivity contribution in [2.45, 2.75) is 30.1 Å². The number of rotatable bonds is 6. The van der Waals surface area contributed by atoms with E-state index in [0.29, 0.717) is 0 Å². The molecular formula is C67H52N2. The molecule has 2 heteroatoms. The van der Waals surface area contributed by atoms with E-state index in [1.165, 1.54) is 112 Å². The molecule has 10 aromatic carbocycles. The van der Waals surface area contributed by atoms with Crippen LogP contribution in [0, 0.1) is 13.8 Å². The Kier molecular flexibility index (Phi) is 9.17. The second-order valence-corrected chi connectivity index (χ2v) is 19.4. The van der Waals surface area contributed by atoms with Crippen LogP contribution in [0.25, 0.3) is 11.1 Å². The molecule has 69 heavy (non-hydrogen) atoms. The van der Waals surface area contributed by atoms with Gasteiger partial charge in [0.25, 0.3) is 0 Å². The van der Waals surface area contributed by atoms with Gasteiger partial charge in [-0.05, 0) is 128 Å². The topological polar surface area (TPSA) is 6.48 Å². The van der Waals surface area contributed by atoms with Crippen LogP contribution in [-0.2, 0) is 16.2 Å². The molecule has 3 aliphatic rings. The highest BCUT2D eigenvalue weighted by Gasteiger charge is 2.53. The predicted molar refractivity (Wildman–Crippen MR) is 286 cm³/mol. The van der Waals surface area contributed by atoms with Gasteiger partial charge in [0.05, 0.1) is 16.2 Å². The summed E-state index contributed by atoms with van der Waals surface area (Å²) >= 11 is 0. The van der Waals surface area contributed by atoms with Gasteiger partial charge in [-0.1, -0.05) is 217 Å². The minimum atomic E-state index is -0.662. The van der Waals surface area contributed by atoms with Gasteiger partial charge in [0.15, 0.2) is 0 Å². The summed E-state index contributed by atoms with van der Waals surface area (Å²) < 4.78 is 0. The first-order valence-corrected chi connectivity index (χ1v) is 24.3. The normalized spacial score (nSPS) is 15.2. The lowest BCUT2D eigenvalue weighted by Crippen LogP contribution is -2.38. The number of nitrogens with zero attached hydrogens (tertiary/aromatic N) is 2. The highest BCUT2D eigenvalue weighted by Crippen LogP contribution is 2.65. The number of aryl methyl sites for hydroxylation is 2. The van der Waals surface area contributed by atoms with Crippen molar-refractivity contribution >= 4 is 22.7 Å². The molecule has 0 bridgehead atoms. The van der Waals surface area contributed by atoms with Gasteiger partial charge in [0, 0.05) is 36.8 Å². The maximum atomic E-state index is 2.61. The van der Waals surface area contributed by atoms with Crippen molar-refractivity contribution in [1.82, 2.24) is 0 Å². The molecule has 0 atom stereocenters. The molecule has 0 N–H and O–H groups in total. The van der Waals surface area contributed by atoms with Crippen LogP contribution < -0.4 is 9.80 Å². The Morgan fingerprint density at radius 1 is 0.246 bits per heavy atom. The van der Waals surface area contributed by atoms with Crippen LogP contribution in [0.5, 0.6) is 0 Å². The van der Waals surface area contributed by atoms with Crippen molar-refractivity contribution in [2.75, 3.05) is 23.9 Å². The molecule has 0 saturated carbocycles. The lowest BCUT2D eigenvalue weighted by Gasteiger charge is -2.46. The maximum absolute atomic E-state index is 2.61. The first-order chi connectivity index (χ1) is 33.9. The molecule has 0 fully saturated rings. The van der Waals surface area contributed by atoms with Crippen molar-refractivity contribution in [1.29, 1.82) is 0 Å². The summed E-state index contributed by atoms with van der Waals surface area (Å²) in [7, 11) is 4.55. The Morgan fingerprint density at radius 3 is 0.768 bits per heavy atom. The summed E-state index contributed by atoms with van der Waals surface area (Å²) in [5.41, 5.74) is 23.1. The molecule has 0 aromatic heterocycles. The van der Waals surface area contributed by atoms with Crippen LogP contribution >= 0.6 is 0 Å². The van der Waals surface area contributed by atoms with Crippen LogP contribution in [0.1, 0.15) is 77.9 Å². The molecule has 0 unspecified atom stereocenters. The maximum Gasteiger partial charge on any atom is 0.0742 e. The summed E-state index contributed by atoms with van der Waals surface area (Å²) in [5.74, 6) is 0. The lowest BCUT2D eigenvalue weighted by molar-refractivity contribution is 0.718. The molecule has 13 rings (SSSR count). The zero-order chi connectivity index (χ0) is 46.5. The van der Waals surface area contributed by atoms with Crippen molar-refractivity contribution in [3.8, 4) is 11.1 Å². The minimum absolute atomic E-state index is 0.631. The van der Waals surface area contributed by atoms with Gasteiger partial charge in [-0.25, -0.2) is 0 Å². The van der Waals surface area contributed by atoms with Gasteiger partial charge in [-0.15, -0.1) is 0 Å². The third-order valence-corrected chi connectivity index (χ3v) is 16.0. The molecule has 2 heterocycles. The fourth-order valence-electron chi connectivity index (χ4n) is 13.1. The van der Waals surface area contributed by atoms with Crippen LogP contribution in [-0.4, -0.2) is 14.1 Å². The largest absolute Gasteiger partial charge is 0.344 e. The Labute approximate surface area is 406 Å². The number of fused-ring (bicyclic) bond motifs is 7. The first kappa shape index (κ1) is 41.0. The molecule has 0 amide bonds. The van der Waals surface area contributed by atoms with Crippen LogP contribution in [0.15, 0.2) is 243 Å². The fourth-order valence-corrected chi connectivity index (χ4v) is 13.1. The summed E-state index contributed by atoms with van der Waals surface area (Å²) in [6.07, 6.45) is 0. The Bertz CT molecular complexity index is 3260. The van der Waals surface area contributed by atoms with Crippen LogP contribution in [0.2, 0.25) is 0 Å². The molecule has 1 aliphatic carbocycles. The number of anilines is 4. The highest BCUT2D eigenvalue weighted by molar-refractivity contribution is 5.96. The van der Waals surface area contributed by atoms with Gasteiger partial charge < -0.3 is 9.80 Å². The van der Waals surface area contributed by atoms with E-state index in [1.54, 1.807) is 0 Å². The summed E-state index contributed by atoms with van der Waals surface area (Å²) in [5, 5.41) is 0. The smallest absolute Gasteiger partial charge is 0.0742 e. The van der Waals surface area contributed by atoms with Crippen LogP contribution in [0.3, 0.4) is 0 Å². The van der Waals surface area contributed by atoms with E-state index in [4.69, 9.17) is 0 Å². The van der Waals surface area contributed by atoms with E-state index < -0.39 is 16.2 Å². The van der Waals surface area contributed by atoms with Gasteiger partial charge in [0.1, 0.15) is 0 Å². The van der Waals surface area contributed by atoms with Crippen LogP contribution in [0.4, 0.5) is 22.7 Å². The Morgan fingerprint density at radius 2 is 0.493 bits per heavy atom. The monoisotopic (exact) mass is 884 g/mol. The van der Waals surface area contributed by atoms with Gasteiger partial charge in [-0.3, -0.25) is 0 Å². The molecule has 0 saturated heterocycles. The molecule has 0 spiro atoms. The second-order valence-electron chi connectivity index (χ2n) is 19.4. The van der Waals surface area contributed by atoms with Gasteiger partial charge >= 0.3 is 0 Å². The van der Waals surface area contributed by atoms with Crippen molar-refractivity contribution in [3.05, 3.63) is 321 Å². The molecule has 330 valence electrons. The van der Waals surface area contributed by atoms with Gasteiger partial charge in [-0.2, -0.15) is 0 Å². The number of hydrogen-bond acceptors (Lipinski definition) is 2. The average Bonchev–Trinajstić information content (AvgIpc) is 3.69. The number of benzene rings is 10. The van der Waals surface area contributed by atoms with Crippen molar-refractivity contribution < 1.29 is 0 Å². The molecule has 10 aromatic rings. The summed E-state index contributed by atoms with van der Waals surface area (Å²) in [4.78, 5) is 4.93. The van der Waals surface area contributed by atoms with E-state index in [1.807, 2.05) is 0 Å². The second kappa shape index (κ2) is 15.4. The summed E-state index contributed by atoms with van der Waals surface area (Å²) in [6, 6.07) is 92.1. The third kappa shape index (κ3) is 5.55. The zero-order valence-corrected chi connectivity index (χ0v) is 39.5. The lowest BCUT2D eigenvalue weighted by atomic mass is 9.61. The van der Waals surface area contributed by atoms with Crippen molar-refractivity contribution in [2.24, 2.45) is 0 Å². The summed E-state index contributed by atoms with van der Waals surface area (Å²) in [6.45, 7) is 4.46. The van der Waals surface area contributed by atoms with E-state index in [0.717, 1.165) is 0 Å². The predicted octanol–water partition coefficient (Wildman–Crippen LogP) is 15.6. The van der Waals surface area contributed by atoms with E-state index >= 15 is 0 Å². The van der Waals surface area contributed by atoms with Crippen molar-refractivity contribution in [3.63, 3.8) is 0 Å². The van der Waals surface area contributed by atoms with E-state index in [-0.39, 0.29) is 0 Å². The molecule has 2 nitrogen and oxygen atoms in total. The standard InChI is InChI=1S/C67H52N2/c1-45-35-37-61-57(39-45)66(49-27-15-7-16-28-49,50-29-17-8-18-30-50)59-41-53-54-42-60-64(44-56(54)65(47-23-11-5-12-24-47,48-25-13-6-14-26-48)55(53)43-63(59)68(61)3)69(4)62-38-36-46(2)40-58(62)67(60,51-31-19-9-20-32-51)52-33-21-10-22-34-52/h5-44H,1-4H3.